The maximum Gasteiger partial charge on any atom is 0.0568 e. The fourth-order valence-electron chi connectivity index (χ4n) is 3.56. The third-order valence-corrected chi connectivity index (χ3v) is 4.15. The molecular formula is C15H22N2. The van der Waals surface area contributed by atoms with Gasteiger partial charge in [0.15, 0.2) is 0 Å². The van der Waals surface area contributed by atoms with Gasteiger partial charge in [-0.05, 0) is 44.2 Å². The smallest absolute Gasteiger partial charge is 0.0568 e. The zero-order valence-corrected chi connectivity index (χ0v) is 10.8. The van der Waals surface area contributed by atoms with Gasteiger partial charge in [-0.2, -0.15) is 0 Å². The summed E-state index contributed by atoms with van der Waals surface area (Å²) in [5.41, 5.74) is 3.40. The summed E-state index contributed by atoms with van der Waals surface area (Å²) in [6.07, 6.45) is 3.78. The molecule has 2 aliphatic rings. The first-order chi connectivity index (χ1) is 8.11. The van der Waals surface area contributed by atoms with Crippen molar-refractivity contribution >= 4 is 0 Å². The topological polar surface area (TPSA) is 24.1 Å². The number of nitrogens with one attached hydrogen (secondary N) is 2. The molecule has 0 saturated carbocycles. The molecule has 17 heavy (non-hydrogen) atoms. The highest BCUT2D eigenvalue weighted by Gasteiger charge is 2.42. The molecular weight excluding hydrogens is 208 g/mol. The van der Waals surface area contributed by atoms with Crippen LogP contribution in [-0.2, 0) is 12.0 Å². The second kappa shape index (κ2) is 3.82. The Bertz CT molecular complexity index is 425. The Labute approximate surface area is 104 Å². The van der Waals surface area contributed by atoms with Crippen LogP contribution in [0.15, 0.2) is 24.3 Å². The third kappa shape index (κ3) is 1.90. The van der Waals surface area contributed by atoms with Crippen LogP contribution in [-0.4, -0.2) is 18.6 Å². The maximum atomic E-state index is 3.90. The highest BCUT2D eigenvalue weighted by Crippen LogP contribution is 2.37. The van der Waals surface area contributed by atoms with Crippen LogP contribution in [0, 0.1) is 0 Å². The summed E-state index contributed by atoms with van der Waals surface area (Å²) in [4.78, 5) is 0. The molecule has 1 aliphatic heterocycles. The largest absolute Gasteiger partial charge is 0.313 e. The Balaban J connectivity index is 2.03. The van der Waals surface area contributed by atoms with E-state index in [9.17, 15) is 0 Å². The average Bonchev–Trinajstić information content (AvgIpc) is 2.28. The van der Waals surface area contributed by atoms with Gasteiger partial charge in [-0.25, -0.2) is 0 Å². The monoisotopic (exact) mass is 230 g/mol. The molecule has 1 aromatic rings. The minimum Gasteiger partial charge on any atom is -0.313 e. The van der Waals surface area contributed by atoms with E-state index in [0.717, 1.165) is 13.1 Å². The second-order valence-corrected chi connectivity index (χ2v) is 6.21. The Morgan fingerprint density at radius 1 is 1.12 bits per heavy atom. The van der Waals surface area contributed by atoms with Crippen molar-refractivity contribution in [1.29, 1.82) is 0 Å². The molecule has 1 spiro atoms. The predicted octanol–water partition coefficient (Wildman–Crippen LogP) is 2.19. The predicted molar refractivity (Wildman–Crippen MR) is 71.1 cm³/mol. The molecule has 0 unspecified atom stereocenters. The van der Waals surface area contributed by atoms with Gasteiger partial charge < -0.3 is 10.6 Å². The van der Waals surface area contributed by atoms with Crippen LogP contribution in [0.25, 0.3) is 0 Å². The first-order valence-electron chi connectivity index (χ1n) is 6.70. The van der Waals surface area contributed by atoms with Gasteiger partial charge in [0.25, 0.3) is 0 Å². The summed E-state index contributed by atoms with van der Waals surface area (Å²) in [5.74, 6) is 0. The number of hydrogen-bond donors (Lipinski definition) is 2. The molecule has 2 N–H and O–H groups in total. The van der Waals surface area contributed by atoms with Gasteiger partial charge in [0.1, 0.15) is 0 Å². The zero-order chi connectivity index (χ0) is 11.9. The molecule has 1 atom stereocenters. The maximum absolute atomic E-state index is 3.90. The molecule has 1 heterocycles. The van der Waals surface area contributed by atoms with Gasteiger partial charge in [0.2, 0.25) is 0 Å². The molecule has 1 aromatic carbocycles. The fourth-order valence-corrected chi connectivity index (χ4v) is 3.56. The van der Waals surface area contributed by atoms with Gasteiger partial charge in [0.05, 0.1) is 5.54 Å². The number of piperazine rings is 1. The number of fused-ring (bicyclic) bond motifs is 2. The van der Waals surface area contributed by atoms with Crippen molar-refractivity contribution in [2.45, 2.75) is 44.2 Å². The average molecular weight is 230 g/mol. The molecule has 92 valence electrons. The van der Waals surface area contributed by atoms with Crippen LogP contribution in [0.1, 0.15) is 37.8 Å². The Kier molecular flexibility index (Phi) is 2.53. The van der Waals surface area contributed by atoms with Crippen molar-refractivity contribution in [3.63, 3.8) is 0 Å². The summed E-state index contributed by atoms with van der Waals surface area (Å²) in [6.45, 7) is 6.70. The van der Waals surface area contributed by atoms with E-state index in [2.05, 4.69) is 48.7 Å². The van der Waals surface area contributed by atoms with Crippen LogP contribution in [0.2, 0.25) is 0 Å². The molecule has 1 fully saturated rings. The summed E-state index contributed by atoms with van der Waals surface area (Å²) >= 11 is 0. The minimum atomic E-state index is 0.163. The van der Waals surface area contributed by atoms with Gasteiger partial charge in [-0.15, -0.1) is 0 Å². The molecule has 3 rings (SSSR count). The highest BCUT2D eigenvalue weighted by molar-refractivity contribution is 5.37. The molecule has 0 aromatic heterocycles. The quantitative estimate of drug-likeness (QED) is 0.714. The number of rotatable bonds is 0. The van der Waals surface area contributed by atoms with E-state index in [1.54, 1.807) is 0 Å². The lowest BCUT2D eigenvalue weighted by molar-refractivity contribution is 0.150. The lowest BCUT2D eigenvalue weighted by Crippen LogP contribution is -2.67. The van der Waals surface area contributed by atoms with Crippen LogP contribution in [0.4, 0.5) is 0 Å². The fraction of sp³-hybridized carbons (Fsp3) is 0.600. The minimum absolute atomic E-state index is 0.163. The molecule has 1 saturated heterocycles. The van der Waals surface area contributed by atoms with E-state index in [1.165, 1.54) is 30.4 Å². The van der Waals surface area contributed by atoms with Crippen molar-refractivity contribution in [1.82, 2.24) is 10.6 Å². The summed E-state index contributed by atoms with van der Waals surface area (Å²) in [5, 5.41) is 7.52. The van der Waals surface area contributed by atoms with E-state index in [0.29, 0.717) is 0 Å². The summed E-state index contributed by atoms with van der Waals surface area (Å²) in [7, 11) is 0. The van der Waals surface area contributed by atoms with Crippen molar-refractivity contribution in [2.24, 2.45) is 0 Å². The number of hydrogen-bond acceptors (Lipinski definition) is 2. The normalized spacial score (nSPS) is 31.2. The third-order valence-electron chi connectivity index (χ3n) is 4.15. The van der Waals surface area contributed by atoms with Gasteiger partial charge in [-0.1, -0.05) is 24.3 Å². The Morgan fingerprint density at radius 2 is 1.94 bits per heavy atom. The van der Waals surface area contributed by atoms with Gasteiger partial charge in [0, 0.05) is 18.6 Å². The van der Waals surface area contributed by atoms with Crippen molar-refractivity contribution in [2.75, 3.05) is 13.1 Å². The van der Waals surface area contributed by atoms with Gasteiger partial charge >= 0.3 is 0 Å². The highest BCUT2D eigenvalue weighted by atomic mass is 15.2. The van der Waals surface area contributed by atoms with E-state index in [-0.39, 0.29) is 11.1 Å². The summed E-state index contributed by atoms with van der Waals surface area (Å²) in [6, 6.07) is 8.94. The lowest BCUT2D eigenvalue weighted by atomic mass is 9.73. The Hall–Kier alpha value is -0.860. The zero-order valence-electron chi connectivity index (χ0n) is 10.8. The van der Waals surface area contributed by atoms with E-state index >= 15 is 0 Å². The first kappa shape index (κ1) is 11.2. The van der Waals surface area contributed by atoms with Crippen LogP contribution < -0.4 is 10.6 Å². The standard InChI is InChI=1S/C15H22N2/c1-14(2)10-16-11-15(17-14)9-5-7-12-6-3-4-8-13(12)15/h3-4,6,8,16-17H,5,7,9-11H2,1-2H3/t15-/m0/s1. The molecule has 1 aliphatic carbocycles. The molecule has 2 nitrogen and oxygen atoms in total. The molecule has 0 bridgehead atoms. The van der Waals surface area contributed by atoms with E-state index < -0.39 is 0 Å². The Morgan fingerprint density at radius 3 is 2.76 bits per heavy atom. The second-order valence-electron chi connectivity index (χ2n) is 6.21. The van der Waals surface area contributed by atoms with Crippen LogP contribution in [0.3, 0.4) is 0 Å². The molecule has 0 radical (unpaired) electrons. The molecule has 2 heteroatoms. The van der Waals surface area contributed by atoms with Crippen molar-refractivity contribution in [3.8, 4) is 0 Å². The first-order valence-corrected chi connectivity index (χ1v) is 6.70. The van der Waals surface area contributed by atoms with E-state index in [1.807, 2.05) is 0 Å². The molecule has 0 amide bonds. The summed E-state index contributed by atoms with van der Waals surface area (Å²) < 4.78 is 0. The van der Waals surface area contributed by atoms with E-state index in [4.69, 9.17) is 0 Å². The van der Waals surface area contributed by atoms with Crippen molar-refractivity contribution in [3.05, 3.63) is 35.4 Å². The lowest BCUT2D eigenvalue weighted by Gasteiger charge is -2.50. The van der Waals surface area contributed by atoms with Crippen molar-refractivity contribution < 1.29 is 0 Å². The number of benzene rings is 1. The van der Waals surface area contributed by atoms with Crippen LogP contribution in [0.5, 0.6) is 0 Å². The van der Waals surface area contributed by atoms with Crippen LogP contribution >= 0.6 is 0 Å². The SMILES string of the molecule is CC1(C)CNC[C@]2(CCCc3ccccc32)N1. The van der Waals surface area contributed by atoms with Gasteiger partial charge in [-0.3, -0.25) is 0 Å². The number of aryl methyl sites for hydroxylation is 1.